The maximum atomic E-state index is 6.73. The van der Waals surface area contributed by atoms with E-state index in [0.717, 1.165) is 32.4 Å². The number of thioether (sulfide) groups is 1. The summed E-state index contributed by atoms with van der Waals surface area (Å²) in [6, 6.07) is 44.9. The first-order valence-corrected chi connectivity index (χ1v) is 16.1. The molecule has 1 unspecified atom stereocenters. The monoisotopic (exact) mass is 614 g/mol. The molecule has 7 rings (SSSR count). The quantitative estimate of drug-likeness (QED) is 0.166. The third kappa shape index (κ3) is 7.16. The smallest absolute Gasteiger partial charge is 0.184 e. The van der Waals surface area contributed by atoms with Gasteiger partial charge in [-0.15, -0.1) is 0 Å². The Morgan fingerprint density at radius 2 is 1.40 bits per heavy atom. The van der Waals surface area contributed by atoms with E-state index in [1.165, 1.54) is 0 Å². The number of hydrogen-bond acceptors (Lipinski definition) is 6. The second-order valence-corrected chi connectivity index (χ2v) is 12.2. The number of ether oxygens (including phenoxy) is 5. The minimum atomic E-state index is -0.524. The number of rotatable bonds is 8. The fourth-order valence-electron chi connectivity index (χ4n) is 5.79. The van der Waals surface area contributed by atoms with Gasteiger partial charge in [-0.1, -0.05) is 139 Å². The van der Waals surface area contributed by atoms with Crippen molar-refractivity contribution >= 4 is 22.5 Å². The lowest BCUT2D eigenvalue weighted by molar-refractivity contribution is -0.328. The van der Waals surface area contributed by atoms with Gasteiger partial charge in [0.25, 0.3) is 0 Å². The lowest BCUT2D eigenvalue weighted by atomic mass is 9.98. The number of benzene rings is 5. The van der Waals surface area contributed by atoms with Crippen LogP contribution in [0.15, 0.2) is 138 Å². The molecule has 226 valence electrons. The van der Waals surface area contributed by atoms with E-state index in [0.29, 0.717) is 13.2 Å². The molecule has 2 heterocycles. The van der Waals surface area contributed by atoms with Gasteiger partial charge in [0.15, 0.2) is 6.29 Å². The summed E-state index contributed by atoms with van der Waals surface area (Å²) in [5.74, 6) is 6.60. The van der Waals surface area contributed by atoms with Crippen molar-refractivity contribution in [2.75, 3.05) is 13.2 Å². The van der Waals surface area contributed by atoms with Crippen molar-refractivity contribution in [2.45, 2.75) is 47.6 Å². The van der Waals surface area contributed by atoms with Gasteiger partial charge in [-0.2, -0.15) is 0 Å². The first-order chi connectivity index (χ1) is 22.3. The van der Waals surface area contributed by atoms with Gasteiger partial charge in [0.1, 0.15) is 36.5 Å². The van der Waals surface area contributed by atoms with Crippen molar-refractivity contribution < 1.29 is 23.7 Å². The minimum Gasteiger partial charge on any atom is -0.368 e. The molecule has 5 aromatic rings. The van der Waals surface area contributed by atoms with Crippen LogP contribution in [0.4, 0.5) is 0 Å². The highest BCUT2D eigenvalue weighted by Crippen LogP contribution is 2.41. The first kappa shape index (κ1) is 29.8. The van der Waals surface area contributed by atoms with Crippen LogP contribution in [0.3, 0.4) is 0 Å². The molecule has 2 aliphatic heterocycles. The maximum absolute atomic E-state index is 6.73. The second kappa shape index (κ2) is 14.4. The summed E-state index contributed by atoms with van der Waals surface area (Å²) < 4.78 is 32.9. The molecule has 5 nitrogen and oxygen atoms in total. The van der Waals surface area contributed by atoms with Crippen molar-refractivity contribution in [3.8, 4) is 11.8 Å². The molecule has 0 N–H and O–H groups in total. The Balaban J connectivity index is 1.18. The third-order valence-electron chi connectivity index (χ3n) is 8.00. The van der Waals surface area contributed by atoms with E-state index in [1.54, 1.807) is 11.8 Å². The normalized spacial score (nSPS) is 24.4. The molecule has 0 bridgehead atoms. The molecule has 0 spiro atoms. The van der Waals surface area contributed by atoms with Crippen LogP contribution in [0.2, 0.25) is 0 Å². The Labute approximate surface area is 268 Å². The molecule has 2 aliphatic rings. The molecule has 0 aliphatic carbocycles. The van der Waals surface area contributed by atoms with Crippen molar-refractivity contribution in [2.24, 2.45) is 0 Å². The molecule has 0 aromatic heterocycles. The van der Waals surface area contributed by atoms with E-state index in [4.69, 9.17) is 23.7 Å². The molecule has 6 atom stereocenters. The molecule has 0 saturated carbocycles. The Morgan fingerprint density at radius 3 is 2.22 bits per heavy atom. The minimum absolute atomic E-state index is 0.213. The summed E-state index contributed by atoms with van der Waals surface area (Å²) in [5.41, 5.74) is 2.64. The highest BCUT2D eigenvalue weighted by atomic mass is 32.2. The summed E-state index contributed by atoms with van der Waals surface area (Å²) in [4.78, 5) is 1.08. The molecule has 2 fully saturated rings. The predicted octanol–water partition coefficient (Wildman–Crippen LogP) is 7.79. The third-order valence-corrected chi connectivity index (χ3v) is 9.15. The van der Waals surface area contributed by atoms with Gasteiger partial charge in [-0.05, 0) is 34.5 Å². The van der Waals surface area contributed by atoms with Gasteiger partial charge in [0, 0.05) is 16.0 Å². The summed E-state index contributed by atoms with van der Waals surface area (Å²) >= 11 is 1.62. The van der Waals surface area contributed by atoms with Crippen molar-refractivity contribution in [1.29, 1.82) is 0 Å². The highest BCUT2D eigenvalue weighted by Gasteiger charge is 2.51. The molecule has 6 heteroatoms. The zero-order valence-electron chi connectivity index (χ0n) is 24.7. The lowest BCUT2D eigenvalue weighted by Gasteiger charge is -2.49. The largest absolute Gasteiger partial charge is 0.368 e. The van der Waals surface area contributed by atoms with E-state index >= 15 is 0 Å². The summed E-state index contributed by atoms with van der Waals surface area (Å²) in [6.45, 7) is 1.01. The molecule has 0 amide bonds. The van der Waals surface area contributed by atoms with Crippen LogP contribution in [0.5, 0.6) is 0 Å². The van der Waals surface area contributed by atoms with Crippen LogP contribution in [0.1, 0.15) is 23.0 Å². The molecular formula is C39H34O5S. The lowest BCUT2D eigenvalue weighted by Crippen LogP contribution is -2.62. The Morgan fingerprint density at radius 1 is 0.689 bits per heavy atom. The average Bonchev–Trinajstić information content (AvgIpc) is 3.10. The highest BCUT2D eigenvalue weighted by molar-refractivity contribution is 7.99. The van der Waals surface area contributed by atoms with E-state index in [-0.39, 0.29) is 18.1 Å². The fraction of sp³-hybridized carbons (Fsp3) is 0.231. The Hall–Kier alpha value is -3.93. The van der Waals surface area contributed by atoms with Gasteiger partial charge in [-0.3, -0.25) is 0 Å². The van der Waals surface area contributed by atoms with E-state index in [1.807, 2.05) is 91.0 Å². The first-order valence-electron chi connectivity index (χ1n) is 15.2. The fourth-order valence-corrected chi connectivity index (χ4v) is 6.94. The van der Waals surface area contributed by atoms with Crippen molar-refractivity contribution in [3.05, 3.63) is 150 Å². The number of fused-ring (bicyclic) bond motifs is 2. The summed E-state index contributed by atoms with van der Waals surface area (Å²) in [6.07, 6.45) is -2.15. The summed E-state index contributed by atoms with van der Waals surface area (Å²) in [5, 5.41) is 2.29. The van der Waals surface area contributed by atoms with E-state index in [9.17, 15) is 0 Å². The molecule has 5 aromatic carbocycles. The molecule has 0 radical (unpaired) electrons. The zero-order chi connectivity index (χ0) is 30.3. The standard InChI is InChI=1S/C39H34O5S/c1-4-14-28(15-5-1)26-41-36-35-34(27-42-38(44-35)31-17-6-2-7-18-31)43-39(45-32-22-8-3-9-23-32)37(36)40-25-13-21-30-20-12-19-29-16-10-11-24-33(29)30/h1-12,14-20,22-24,34-39H,25-27H2/t34-,35-,36+,37+,38?,39-/m1/s1. The van der Waals surface area contributed by atoms with Crippen LogP contribution < -0.4 is 0 Å². The molecular weight excluding hydrogens is 580 g/mol. The van der Waals surface area contributed by atoms with Gasteiger partial charge in [0.2, 0.25) is 0 Å². The molecule has 45 heavy (non-hydrogen) atoms. The van der Waals surface area contributed by atoms with Crippen LogP contribution >= 0.6 is 11.8 Å². The average molecular weight is 615 g/mol. The van der Waals surface area contributed by atoms with Gasteiger partial charge < -0.3 is 23.7 Å². The van der Waals surface area contributed by atoms with Crippen LogP contribution in [0.25, 0.3) is 10.8 Å². The van der Waals surface area contributed by atoms with Crippen LogP contribution in [0, 0.1) is 11.8 Å². The van der Waals surface area contributed by atoms with Crippen LogP contribution in [-0.4, -0.2) is 43.1 Å². The van der Waals surface area contributed by atoms with Gasteiger partial charge in [0.05, 0.1) is 13.2 Å². The topological polar surface area (TPSA) is 46.2 Å². The second-order valence-electron chi connectivity index (χ2n) is 11.0. The van der Waals surface area contributed by atoms with Gasteiger partial charge >= 0.3 is 0 Å². The van der Waals surface area contributed by atoms with Crippen molar-refractivity contribution in [1.82, 2.24) is 0 Å². The van der Waals surface area contributed by atoms with E-state index < -0.39 is 24.6 Å². The Bertz CT molecular complexity index is 1730. The predicted molar refractivity (Wildman–Crippen MR) is 177 cm³/mol. The number of hydrogen-bond donors (Lipinski definition) is 0. The SMILES string of the molecule is C(#Cc1cccc2ccccc12)CO[C@H]1[C@@H](OCc2ccccc2)[C@@H]2OC(c3ccccc3)OC[C@H]2O[C@@H]1Sc1ccccc1. The van der Waals surface area contributed by atoms with Gasteiger partial charge in [-0.25, -0.2) is 0 Å². The maximum Gasteiger partial charge on any atom is 0.184 e. The van der Waals surface area contributed by atoms with Crippen molar-refractivity contribution in [3.63, 3.8) is 0 Å². The zero-order valence-corrected chi connectivity index (χ0v) is 25.6. The Kier molecular flexibility index (Phi) is 9.55. The summed E-state index contributed by atoms with van der Waals surface area (Å²) in [7, 11) is 0. The molecule has 2 saturated heterocycles. The van der Waals surface area contributed by atoms with Crippen LogP contribution in [-0.2, 0) is 30.3 Å². The van der Waals surface area contributed by atoms with E-state index in [2.05, 4.69) is 54.3 Å².